The minimum atomic E-state index is -0.105. The van der Waals surface area contributed by atoms with Crippen LogP contribution in [0.15, 0.2) is 40.1 Å². The number of anilines is 1. The number of nitrogens with one attached hydrogen (secondary N) is 1. The summed E-state index contributed by atoms with van der Waals surface area (Å²) in [5.74, 6) is 1.77. The summed E-state index contributed by atoms with van der Waals surface area (Å²) in [6.45, 7) is 6.13. The molecular weight excluding hydrogens is 480 g/mol. The number of halogens is 1. The van der Waals surface area contributed by atoms with Gasteiger partial charge in [0.2, 0.25) is 0 Å². The van der Waals surface area contributed by atoms with Crippen molar-refractivity contribution in [2.24, 2.45) is 0 Å². The third-order valence-corrected chi connectivity index (χ3v) is 6.50. The molecule has 0 aliphatic carbocycles. The van der Waals surface area contributed by atoms with Crippen molar-refractivity contribution >= 4 is 50.5 Å². The molecule has 1 aliphatic rings. The van der Waals surface area contributed by atoms with E-state index in [1.165, 1.54) is 0 Å². The number of hydrogen-bond donors (Lipinski definition) is 1. The fraction of sp³-hybridized carbons (Fsp3) is 0.429. The average Bonchev–Trinajstić information content (AvgIpc) is 3.21. The zero-order valence-electron chi connectivity index (χ0n) is 17.4. The van der Waals surface area contributed by atoms with Crippen LogP contribution in [0.1, 0.15) is 23.7 Å². The molecule has 164 valence electrons. The Kier molecular flexibility index (Phi) is 7.41. The van der Waals surface area contributed by atoms with Gasteiger partial charge in [0.15, 0.2) is 10.8 Å². The van der Waals surface area contributed by atoms with Gasteiger partial charge in [-0.15, -0.1) is 0 Å². The zero-order chi connectivity index (χ0) is 21.6. The van der Waals surface area contributed by atoms with E-state index >= 15 is 0 Å². The van der Waals surface area contributed by atoms with Crippen molar-refractivity contribution in [3.8, 4) is 0 Å². The Morgan fingerprint density at radius 1 is 1.23 bits per heavy atom. The number of aromatic nitrogens is 4. The van der Waals surface area contributed by atoms with E-state index in [4.69, 9.17) is 14.7 Å². The molecule has 0 spiro atoms. The molecule has 1 aromatic carbocycles. The molecule has 3 heterocycles. The minimum Gasteiger partial charge on any atom is -0.378 e. The lowest BCUT2D eigenvalue weighted by Crippen LogP contribution is -2.37. The van der Waals surface area contributed by atoms with Crippen LogP contribution in [0.2, 0.25) is 0 Å². The Labute approximate surface area is 193 Å². The van der Waals surface area contributed by atoms with Crippen LogP contribution in [0.4, 0.5) is 5.82 Å². The Morgan fingerprint density at radius 3 is 2.74 bits per heavy atom. The monoisotopic (exact) mass is 504 g/mol. The van der Waals surface area contributed by atoms with Gasteiger partial charge in [-0.3, -0.25) is 4.79 Å². The highest BCUT2D eigenvalue weighted by Gasteiger charge is 2.20. The molecule has 31 heavy (non-hydrogen) atoms. The third-order valence-electron chi connectivity index (χ3n) is 4.92. The first kappa shape index (κ1) is 22.0. The lowest BCUT2D eigenvalue weighted by molar-refractivity contribution is 0.0952. The molecule has 2 aromatic heterocycles. The SMILES string of the molecule is CCCSc1nc(N2CCOCC2)c2cnn(CCNC(=O)c3ccc(Br)cc3)c2n1. The van der Waals surface area contributed by atoms with E-state index < -0.39 is 0 Å². The van der Waals surface area contributed by atoms with Crippen LogP contribution in [0, 0.1) is 0 Å². The van der Waals surface area contributed by atoms with Gasteiger partial charge in [-0.25, -0.2) is 14.6 Å². The standard InChI is InChI=1S/C21H25BrN6O2S/c1-2-13-31-21-25-18(27-9-11-30-12-10-27)17-14-24-28(19(17)26-21)8-7-23-20(29)15-3-5-16(22)6-4-15/h3-6,14H,2,7-13H2,1H3,(H,23,29). The molecule has 0 atom stereocenters. The van der Waals surface area contributed by atoms with E-state index in [-0.39, 0.29) is 5.91 Å². The maximum absolute atomic E-state index is 12.4. The molecule has 1 fully saturated rings. The molecule has 0 radical (unpaired) electrons. The fourth-order valence-corrected chi connectivity index (χ4v) is 4.29. The van der Waals surface area contributed by atoms with Crippen LogP contribution >= 0.6 is 27.7 Å². The van der Waals surface area contributed by atoms with Gasteiger partial charge >= 0.3 is 0 Å². The van der Waals surface area contributed by atoms with Crippen LogP contribution in [-0.4, -0.2) is 64.3 Å². The fourth-order valence-electron chi connectivity index (χ4n) is 3.34. The van der Waals surface area contributed by atoms with Gasteiger partial charge in [0.05, 0.1) is 31.3 Å². The van der Waals surface area contributed by atoms with Crippen molar-refractivity contribution in [2.75, 3.05) is 43.5 Å². The van der Waals surface area contributed by atoms with Crippen LogP contribution in [0.5, 0.6) is 0 Å². The highest BCUT2D eigenvalue weighted by atomic mass is 79.9. The van der Waals surface area contributed by atoms with Gasteiger partial charge in [0.1, 0.15) is 5.82 Å². The highest BCUT2D eigenvalue weighted by Crippen LogP contribution is 2.28. The van der Waals surface area contributed by atoms with Crippen molar-refractivity contribution in [2.45, 2.75) is 25.0 Å². The number of ether oxygens (including phenoxy) is 1. The third kappa shape index (κ3) is 5.36. The average molecular weight is 505 g/mol. The Bertz CT molecular complexity index is 1040. The summed E-state index contributed by atoms with van der Waals surface area (Å²) in [5, 5.41) is 9.19. The van der Waals surface area contributed by atoms with Crippen LogP contribution in [-0.2, 0) is 11.3 Å². The Morgan fingerprint density at radius 2 is 2.00 bits per heavy atom. The summed E-state index contributed by atoms with van der Waals surface area (Å²) in [7, 11) is 0. The van der Waals surface area contributed by atoms with E-state index in [0.717, 1.165) is 51.7 Å². The van der Waals surface area contributed by atoms with Gasteiger partial charge in [0, 0.05) is 35.4 Å². The van der Waals surface area contributed by atoms with E-state index in [1.807, 2.05) is 23.0 Å². The number of thioether (sulfide) groups is 1. The van der Waals surface area contributed by atoms with Crippen molar-refractivity contribution in [1.29, 1.82) is 0 Å². The van der Waals surface area contributed by atoms with Gasteiger partial charge in [-0.1, -0.05) is 34.6 Å². The molecule has 1 saturated heterocycles. The Balaban J connectivity index is 1.52. The van der Waals surface area contributed by atoms with Crippen LogP contribution in [0.3, 0.4) is 0 Å². The maximum atomic E-state index is 12.4. The van der Waals surface area contributed by atoms with Gasteiger partial charge in [-0.05, 0) is 30.7 Å². The van der Waals surface area contributed by atoms with E-state index in [1.54, 1.807) is 23.9 Å². The van der Waals surface area contributed by atoms with E-state index in [0.29, 0.717) is 31.9 Å². The number of carbonyl (C=O) groups is 1. The first-order valence-electron chi connectivity index (χ1n) is 10.4. The molecule has 1 aliphatic heterocycles. The summed E-state index contributed by atoms with van der Waals surface area (Å²) in [6, 6.07) is 7.30. The molecular formula is C21H25BrN6O2S. The van der Waals surface area contributed by atoms with E-state index in [2.05, 4.69) is 38.2 Å². The largest absolute Gasteiger partial charge is 0.378 e. The second-order valence-corrected chi connectivity index (χ2v) is 9.12. The second kappa shape index (κ2) is 10.4. The summed E-state index contributed by atoms with van der Waals surface area (Å²) < 4.78 is 8.29. The van der Waals surface area contributed by atoms with Gasteiger partial charge < -0.3 is 15.0 Å². The summed E-state index contributed by atoms with van der Waals surface area (Å²) in [4.78, 5) is 24.2. The molecule has 4 rings (SSSR count). The predicted molar refractivity (Wildman–Crippen MR) is 126 cm³/mol. The number of amides is 1. The molecule has 3 aromatic rings. The van der Waals surface area contributed by atoms with Crippen molar-refractivity contribution in [3.05, 3.63) is 40.5 Å². The Hall–Kier alpha value is -2.17. The number of benzene rings is 1. The lowest BCUT2D eigenvalue weighted by Gasteiger charge is -2.28. The molecule has 1 N–H and O–H groups in total. The normalized spacial score (nSPS) is 14.2. The zero-order valence-corrected chi connectivity index (χ0v) is 19.8. The number of carbonyl (C=O) groups excluding carboxylic acids is 1. The van der Waals surface area contributed by atoms with Crippen LogP contribution < -0.4 is 10.2 Å². The number of morpholine rings is 1. The first-order valence-corrected chi connectivity index (χ1v) is 12.2. The lowest BCUT2D eigenvalue weighted by atomic mass is 10.2. The van der Waals surface area contributed by atoms with Crippen molar-refractivity contribution < 1.29 is 9.53 Å². The molecule has 0 saturated carbocycles. The second-order valence-electron chi connectivity index (χ2n) is 7.15. The van der Waals surface area contributed by atoms with Gasteiger partial charge in [-0.2, -0.15) is 5.10 Å². The molecule has 0 unspecified atom stereocenters. The quantitative estimate of drug-likeness (QED) is 0.371. The summed E-state index contributed by atoms with van der Waals surface area (Å²) in [5.41, 5.74) is 1.43. The molecule has 0 bridgehead atoms. The molecule has 10 heteroatoms. The number of nitrogens with zero attached hydrogens (tertiary/aromatic N) is 5. The summed E-state index contributed by atoms with van der Waals surface area (Å²) >= 11 is 5.04. The minimum absolute atomic E-state index is 0.105. The number of hydrogen-bond acceptors (Lipinski definition) is 7. The topological polar surface area (TPSA) is 85.2 Å². The summed E-state index contributed by atoms with van der Waals surface area (Å²) in [6.07, 6.45) is 2.88. The van der Waals surface area contributed by atoms with Crippen LogP contribution in [0.25, 0.3) is 11.0 Å². The first-order chi connectivity index (χ1) is 15.2. The van der Waals surface area contributed by atoms with E-state index in [9.17, 15) is 4.79 Å². The maximum Gasteiger partial charge on any atom is 0.251 e. The number of rotatable bonds is 8. The smallest absolute Gasteiger partial charge is 0.251 e. The van der Waals surface area contributed by atoms with Crippen molar-refractivity contribution in [1.82, 2.24) is 25.1 Å². The number of fused-ring (bicyclic) bond motifs is 1. The predicted octanol–water partition coefficient (Wildman–Crippen LogP) is 3.36. The highest BCUT2D eigenvalue weighted by molar-refractivity contribution is 9.10. The molecule has 1 amide bonds. The van der Waals surface area contributed by atoms with Gasteiger partial charge in [0.25, 0.3) is 5.91 Å². The molecule has 8 nitrogen and oxygen atoms in total. The van der Waals surface area contributed by atoms with Crippen molar-refractivity contribution in [3.63, 3.8) is 0 Å².